The Labute approximate surface area is 101 Å². The summed E-state index contributed by atoms with van der Waals surface area (Å²) in [5.74, 6) is 0.141. The van der Waals surface area contributed by atoms with Crippen molar-refractivity contribution in [2.24, 2.45) is 5.41 Å². The van der Waals surface area contributed by atoms with Gasteiger partial charge in [0, 0.05) is 18.7 Å². The molecule has 2 N–H and O–H groups in total. The largest absolute Gasteiger partial charge is 0.493 e. The Morgan fingerprint density at radius 2 is 2.29 bits per heavy atom. The molecule has 0 spiro atoms. The van der Waals surface area contributed by atoms with Crippen LogP contribution in [0.15, 0.2) is 18.2 Å². The second-order valence-electron chi connectivity index (χ2n) is 4.96. The zero-order chi connectivity index (χ0) is 12.5. The van der Waals surface area contributed by atoms with Gasteiger partial charge in [0.25, 0.3) is 0 Å². The van der Waals surface area contributed by atoms with Gasteiger partial charge in [0.05, 0.1) is 12.0 Å². The van der Waals surface area contributed by atoms with Crippen LogP contribution in [0.5, 0.6) is 5.75 Å². The lowest BCUT2D eigenvalue weighted by atomic mass is 9.94. The molecule has 1 aliphatic rings. The molecule has 17 heavy (non-hydrogen) atoms. The molecule has 0 fully saturated rings. The Kier molecular flexibility index (Phi) is 2.96. The number of aliphatic carboxylic acids is 1. The summed E-state index contributed by atoms with van der Waals surface area (Å²) in [5, 5.41) is 12.2. The lowest BCUT2D eigenvalue weighted by Crippen LogP contribution is -2.31. The molecular weight excluding hydrogens is 218 g/mol. The predicted molar refractivity (Wildman–Crippen MR) is 65.5 cm³/mol. The number of hydrogen-bond donors (Lipinski definition) is 2. The molecular formula is C13H17NO3. The van der Waals surface area contributed by atoms with Crippen molar-refractivity contribution in [2.45, 2.75) is 20.3 Å². The van der Waals surface area contributed by atoms with E-state index in [1.165, 1.54) is 5.56 Å². The van der Waals surface area contributed by atoms with E-state index in [-0.39, 0.29) is 0 Å². The Balaban J connectivity index is 2.03. The van der Waals surface area contributed by atoms with Crippen LogP contribution in [0.4, 0.5) is 5.69 Å². The molecule has 0 bridgehead atoms. The Morgan fingerprint density at radius 1 is 1.53 bits per heavy atom. The van der Waals surface area contributed by atoms with Gasteiger partial charge in [0.2, 0.25) is 0 Å². The van der Waals surface area contributed by atoms with E-state index in [0.29, 0.717) is 6.54 Å². The van der Waals surface area contributed by atoms with Crippen molar-refractivity contribution in [3.8, 4) is 5.75 Å². The summed E-state index contributed by atoms with van der Waals surface area (Å²) in [4.78, 5) is 11.0. The van der Waals surface area contributed by atoms with Gasteiger partial charge in [0.1, 0.15) is 5.75 Å². The van der Waals surface area contributed by atoms with Gasteiger partial charge in [-0.25, -0.2) is 0 Å². The maximum atomic E-state index is 11.0. The zero-order valence-corrected chi connectivity index (χ0v) is 10.1. The number of hydrogen-bond acceptors (Lipinski definition) is 3. The van der Waals surface area contributed by atoms with E-state index in [9.17, 15) is 4.79 Å². The Bertz CT molecular complexity index is 440. The molecule has 1 aromatic carbocycles. The molecule has 2 rings (SSSR count). The van der Waals surface area contributed by atoms with E-state index in [0.717, 1.165) is 24.5 Å². The minimum atomic E-state index is -0.797. The van der Waals surface area contributed by atoms with Gasteiger partial charge in [0.15, 0.2) is 0 Å². The smallest absolute Gasteiger partial charge is 0.310 e. The molecule has 1 aromatic rings. The highest BCUT2D eigenvalue weighted by Gasteiger charge is 2.26. The average molecular weight is 235 g/mol. The maximum absolute atomic E-state index is 11.0. The standard InChI is InChI=1S/C13H17NO3/c1-13(2,12(15)16)8-14-10-3-4-11-9(7-10)5-6-17-11/h3-4,7,14H,5-6,8H2,1-2H3,(H,15,16). The summed E-state index contributed by atoms with van der Waals surface area (Å²) in [6.07, 6.45) is 0.924. The van der Waals surface area contributed by atoms with Crippen molar-refractivity contribution >= 4 is 11.7 Å². The first kappa shape index (κ1) is 11.8. The summed E-state index contributed by atoms with van der Waals surface area (Å²) < 4.78 is 5.42. The molecule has 0 radical (unpaired) electrons. The average Bonchev–Trinajstić information content (AvgIpc) is 2.73. The van der Waals surface area contributed by atoms with Crippen LogP contribution in [0.1, 0.15) is 19.4 Å². The van der Waals surface area contributed by atoms with Crippen LogP contribution in [0.2, 0.25) is 0 Å². The number of fused-ring (bicyclic) bond motifs is 1. The summed E-state index contributed by atoms with van der Waals surface area (Å²) >= 11 is 0. The molecule has 0 unspecified atom stereocenters. The van der Waals surface area contributed by atoms with E-state index in [1.54, 1.807) is 13.8 Å². The number of ether oxygens (including phenoxy) is 1. The monoisotopic (exact) mass is 235 g/mol. The number of benzene rings is 1. The molecule has 0 aromatic heterocycles. The van der Waals surface area contributed by atoms with Gasteiger partial charge < -0.3 is 15.2 Å². The number of rotatable bonds is 4. The molecule has 1 aliphatic heterocycles. The van der Waals surface area contributed by atoms with Gasteiger partial charge in [-0.3, -0.25) is 4.79 Å². The van der Waals surface area contributed by atoms with Gasteiger partial charge in [-0.1, -0.05) is 0 Å². The fraction of sp³-hybridized carbons (Fsp3) is 0.462. The van der Waals surface area contributed by atoms with Crippen LogP contribution in [-0.4, -0.2) is 24.2 Å². The summed E-state index contributed by atoms with van der Waals surface area (Å²) in [6.45, 7) is 4.55. The van der Waals surface area contributed by atoms with Crippen LogP contribution in [0, 0.1) is 5.41 Å². The second kappa shape index (κ2) is 4.28. The van der Waals surface area contributed by atoms with Crippen molar-refractivity contribution in [2.75, 3.05) is 18.5 Å². The topological polar surface area (TPSA) is 58.6 Å². The SMILES string of the molecule is CC(C)(CNc1ccc2c(c1)CCO2)C(=O)O. The number of nitrogens with one attached hydrogen (secondary N) is 1. The van der Waals surface area contributed by atoms with Crippen molar-refractivity contribution in [1.29, 1.82) is 0 Å². The maximum Gasteiger partial charge on any atom is 0.310 e. The zero-order valence-electron chi connectivity index (χ0n) is 10.1. The van der Waals surface area contributed by atoms with Crippen LogP contribution >= 0.6 is 0 Å². The van der Waals surface area contributed by atoms with E-state index < -0.39 is 11.4 Å². The van der Waals surface area contributed by atoms with E-state index in [4.69, 9.17) is 9.84 Å². The predicted octanol–water partition coefficient (Wildman–Crippen LogP) is 2.14. The van der Waals surface area contributed by atoms with Crippen LogP contribution < -0.4 is 10.1 Å². The summed E-state index contributed by atoms with van der Waals surface area (Å²) in [7, 11) is 0. The first-order valence-electron chi connectivity index (χ1n) is 5.72. The summed E-state index contributed by atoms with van der Waals surface area (Å²) in [6, 6.07) is 5.88. The third-order valence-corrected chi connectivity index (χ3v) is 3.00. The van der Waals surface area contributed by atoms with Crippen LogP contribution in [-0.2, 0) is 11.2 Å². The first-order chi connectivity index (χ1) is 7.99. The number of carbonyl (C=O) groups is 1. The molecule has 0 amide bonds. The van der Waals surface area contributed by atoms with Crippen LogP contribution in [0.25, 0.3) is 0 Å². The molecule has 0 aliphatic carbocycles. The van der Waals surface area contributed by atoms with Gasteiger partial charge in [-0.2, -0.15) is 0 Å². The van der Waals surface area contributed by atoms with E-state index in [1.807, 2.05) is 18.2 Å². The molecule has 0 saturated heterocycles. The third-order valence-electron chi connectivity index (χ3n) is 3.00. The van der Waals surface area contributed by atoms with Crippen molar-refractivity contribution < 1.29 is 14.6 Å². The van der Waals surface area contributed by atoms with Gasteiger partial charge in [-0.15, -0.1) is 0 Å². The molecule has 4 heteroatoms. The molecule has 4 nitrogen and oxygen atoms in total. The van der Waals surface area contributed by atoms with Gasteiger partial charge in [-0.05, 0) is 37.6 Å². The number of carboxylic acid groups (broad SMARTS) is 1. The summed E-state index contributed by atoms with van der Waals surface area (Å²) in [5.41, 5.74) is 1.36. The minimum absolute atomic E-state index is 0.405. The lowest BCUT2D eigenvalue weighted by Gasteiger charge is -2.20. The van der Waals surface area contributed by atoms with Crippen molar-refractivity contribution in [3.05, 3.63) is 23.8 Å². The molecule has 0 saturated carbocycles. The second-order valence-corrected chi connectivity index (χ2v) is 4.96. The highest BCUT2D eigenvalue weighted by Crippen LogP contribution is 2.28. The fourth-order valence-corrected chi connectivity index (χ4v) is 1.70. The number of anilines is 1. The Hall–Kier alpha value is -1.71. The number of carboxylic acids is 1. The first-order valence-corrected chi connectivity index (χ1v) is 5.72. The fourth-order valence-electron chi connectivity index (χ4n) is 1.70. The normalized spacial score (nSPS) is 14.0. The third kappa shape index (κ3) is 2.52. The van der Waals surface area contributed by atoms with E-state index in [2.05, 4.69) is 5.32 Å². The highest BCUT2D eigenvalue weighted by atomic mass is 16.5. The molecule has 0 atom stereocenters. The highest BCUT2D eigenvalue weighted by molar-refractivity contribution is 5.74. The molecule has 1 heterocycles. The Morgan fingerprint density at radius 3 is 3.00 bits per heavy atom. The quantitative estimate of drug-likeness (QED) is 0.839. The van der Waals surface area contributed by atoms with Crippen LogP contribution in [0.3, 0.4) is 0 Å². The van der Waals surface area contributed by atoms with Gasteiger partial charge >= 0.3 is 5.97 Å². The van der Waals surface area contributed by atoms with Crippen molar-refractivity contribution in [3.63, 3.8) is 0 Å². The molecule has 92 valence electrons. The lowest BCUT2D eigenvalue weighted by molar-refractivity contribution is -0.146. The van der Waals surface area contributed by atoms with Crippen molar-refractivity contribution in [1.82, 2.24) is 0 Å². The minimum Gasteiger partial charge on any atom is -0.493 e. The van der Waals surface area contributed by atoms with E-state index >= 15 is 0 Å².